The van der Waals surface area contributed by atoms with Crippen LogP contribution in [-0.2, 0) is 0 Å². The first-order chi connectivity index (χ1) is 18.1. The van der Waals surface area contributed by atoms with Crippen LogP contribution in [0.3, 0.4) is 0 Å². The Balaban J connectivity index is 1.59. The average molecular weight is 509 g/mol. The lowest BCUT2D eigenvalue weighted by Gasteiger charge is -2.10. The fraction of sp³-hybridized carbons (Fsp3) is 0.545. The fourth-order valence-electron chi connectivity index (χ4n) is 4.09. The van der Waals surface area contributed by atoms with Gasteiger partial charge >= 0.3 is 5.97 Å². The van der Waals surface area contributed by atoms with Crippen LogP contribution in [0, 0.1) is 5.92 Å². The van der Waals surface area contributed by atoms with Crippen molar-refractivity contribution < 1.29 is 19.0 Å². The summed E-state index contributed by atoms with van der Waals surface area (Å²) in [5.41, 5.74) is 0.502. The molecule has 0 amide bonds. The summed E-state index contributed by atoms with van der Waals surface area (Å²) in [6, 6.07) is 14.4. The predicted molar refractivity (Wildman–Crippen MR) is 154 cm³/mol. The number of carbonyl (C=O) groups is 1. The van der Waals surface area contributed by atoms with E-state index >= 15 is 0 Å². The first kappa shape index (κ1) is 30.5. The van der Waals surface area contributed by atoms with Gasteiger partial charge in [0.25, 0.3) is 0 Å². The van der Waals surface area contributed by atoms with Crippen LogP contribution in [-0.4, -0.2) is 19.2 Å². The normalized spacial score (nSPS) is 11.6. The maximum absolute atomic E-state index is 12.5. The van der Waals surface area contributed by atoms with Crippen molar-refractivity contribution >= 4 is 5.97 Å². The number of hydrogen-bond acceptors (Lipinski definition) is 4. The van der Waals surface area contributed by atoms with Crippen LogP contribution in [0.4, 0.5) is 0 Å². The second-order valence-corrected chi connectivity index (χ2v) is 10.00. The van der Waals surface area contributed by atoms with E-state index in [0.29, 0.717) is 24.5 Å². The van der Waals surface area contributed by atoms with Crippen LogP contribution in [0.2, 0.25) is 0 Å². The number of carbonyl (C=O) groups excluding carboxylic acids is 1. The summed E-state index contributed by atoms with van der Waals surface area (Å²) in [6.45, 7) is 9.73. The van der Waals surface area contributed by atoms with E-state index in [0.717, 1.165) is 36.7 Å². The molecule has 2 rings (SSSR count). The Kier molecular flexibility index (Phi) is 16.0. The zero-order chi connectivity index (χ0) is 26.6. The summed E-state index contributed by atoms with van der Waals surface area (Å²) < 4.78 is 17.2. The number of allylic oxidation sites excluding steroid dienone is 1. The minimum Gasteiger partial charge on any atom is -0.494 e. The van der Waals surface area contributed by atoms with Crippen molar-refractivity contribution in [2.45, 2.75) is 97.3 Å². The third-order valence-electron chi connectivity index (χ3n) is 6.75. The maximum atomic E-state index is 12.5. The zero-order valence-corrected chi connectivity index (χ0v) is 23.2. The summed E-state index contributed by atoms with van der Waals surface area (Å²) in [5.74, 6) is 2.52. The molecule has 0 N–H and O–H groups in total. The molecule has 0 aromatic heterocycles. The second-order valence-electron chi connectivity index (χ2n) is 10.00. The predicted octanol–water partition coefficient (Wildman–Crippen LogP) is 9.58. The molecule has 0 bridgehead atoms. The van der Waals surface area contributed by atoms with Crippen molar-refractivity contribution in [3.8, 4) is 17.2 Å². The van der Waals surface area contributed by atoms with Gasteiger partial charge in [0.15, 0.2) is 0 Å². The third kappa shape index (κ3) is 13.9. The molecule has 37 heavy (non-hydrogen) atoms. The van der Waals surface area contributed by atoms with E-state index in [9.17, 15) is 4.79 Å². The van der Waals surface area contributed by atoms with Gasteiger partial charge in [-0.3, -0.25) is 0 Å². The highest BCUT2D eigenvalue weighted by Gasteiger charge is 2.09. The molecular formula is C33H48O4. The van der Waals surface area contributed by atoms with Gasteiger partial charge in [0.05, 0.1) is 18.8 Å². The van der Waals surface area contributed by atoms with Crippen LogP contribution in [0.1, 0.15) is 108 Å². The minimum absolute atomic E-state index is 0.380. The minimum atomic E-state index is -0.380. The Labute approximate surface area is 225 Å². The molecule has 0 unspecified atom stereocenters. The van der Waals surface area contributed by atoms with Crippen LogP contribution >= 0.6 is 0 Å². The number of esters is 1. The van der Waals surface area contributed by atoms with E-state index in [1.54, 1.807) is 24.3 Å². The molecule has 0 saturated carbocycles. The Bertz CT molecular complexity index is 857. The molecule has 1 atom stereocenters. The summed E-state index contributed by atoms with van der Waals surface area (Å²) in [5, 5.41) is 0. The molecule has 0 aliphatic rings. The number of hydrogen-bond donors (Lipinski definition) is 0. The van der Waals surface area contributed by atoms with E-state index < -0.39 is 0 Å². The molecular weight excluding hydrogens is 460 g/mol. The highest BCUT2D eigenvalue weighted by Crippen LogP contribution is 2.20. The molecule has 0 fully saturated rings. The number of benzene rings is 2. The molecule has 0 aliphatic carbocycles. The Morgan fingerprint density at radius 1 is 0.730 bits per heavy atom. The fourth-order valence-corrected chi connectivity index (χ4v) is 4.09. The lowest BCUT2D eigenvalue weighted by molar-refractivity contribution is 0.0734. The van der Waals surface area contributed by atoms with Gasteiger partial charge in [-0.15, -0.1) is 6.58 Å². The molecule has 2 aromatic rings. The smallest absolute Gasteiger partial charge is 0.343 e. The average Bonchev–Trinajstić information content (AvgIpc) is 2.92. The summed E-state index contributed by atoms with van der Waals surface area (Å²) in [7, 11) is 0. The first-order valence-corrected chi connectivity index (χ1v) is 14.4. The van der Waals surface area contributed by atoms with Crippen molar-refractivity contribution in [1.29, 1.82) is 0 Å². The van der Waals surface area contributed by atoms with Crippen molar-refractivity contribution in [1.82, 2.24) is 0 Å². The highest BCUT2D eigenvalue weighted by atomic mass is 16.5. The summed E-state index contributed by atoms with van der Waals surface area (Å²) in [6.07, 6.45) is 17.9. The van der Waals surface area contributed by atoms with E-state index in [2.05, 4.69) is 20.4 Å². The second kappa shape index (κ2) is 19.4. The van der Waals surface area contributed by atoms with Crippen LogP contribution < -0.4 is 14.2 Å². The van der Waals surface area contributed by atoms with Gasteiger partial charge < -0.3 is 14.2 Å². The zero-order valence-electron chi connectivity index (χ0n) is 23.2. The van der Waals surface area contributed by atoms with Gasteiger partial charge in [-0.25, -0.2) is 4.79 Å². The SMILES string of the molecule is C=CCCCCCCCCCOc1ccc(OC(=O)c2ccc(OCCCCC[C@@H](C)CC)cc2)cc1. The van der Waals surface area contributed by atoms with Gasteiger partial charge in [0.1, 0.15) is 17.2 Å². The lowest BCUT2D eigenvalue weighted by Crippen LogP contribution is -2.08. The lowest BCUT2D eigenvalue weighted by atomic mass is 10.0. The molecule has 204 valence electrons. The van der Waals surface area contributed by atoms with Crippen molar-refractivity contribution in [3.05, 3.63) is 66.7 Å². The number of unbranched alkanes of at least 4 members (excludes halogenated alkanes) is 9. The molecule has 4 heteroatoms. The van der Waals surface area contributed by atoms with Gasteiger partial charge in [-0.1, -0.05) is 77.7 Å². The molecule has 4 nitrogen and oxygen atoms in total. The van der Waals surface area contributed by atoms with E-state index in [1.165, 1.54) is 64.2 Å². The van der Waals surface area contributed by atoms with E-state index in [1.807, 2.05) is 30.3 Å². The largest absolute Gasteiger partial charge is 0.494 e. The molecule has 0 aliphatic heterocycles. The van der Waals surface area contributed by atoms with Crippen LogP contribution in [0.5, 0.6) is 17.2 Å². The topological polar surface area (TPSA) is 44.8 Å². The van der Waals surface area contributed by atoms with Gasteiger partial charge in [-0.05, 0) is 80.1 Å². The van der Waals surface area contributed by atoms with Gasteiger partial charge in [-0.2, -0.15) is 0 Å². The molecule has 0 radical (unpaired) electrons. The van der Waals surface area contributed by atoms with E-state index in [4.69, 9.17) is 14.2 Å². The summed E-state index contributed by atoms with van der Waals surface area (Å²) >= 11 is 0. The highest BCUT2D eigenvalue weighted by molar-refractivity contribution is 5.91. The maximum Gasteiger partial charge on any atom is 0.343 e. The monoisotopic (exact) mass is 508 g/mol. The molecule has 0 heterocycles. The third-order valence-corrected chi connectivity index (χ3v) is 6.75. The quantitative estimate of drug-likeness (QED) is 0.0728. The van der Waals surface area contributed by atoms with Crippen LogP contribution in [0.25, 0.3) is 0 Å². The van der Waals surface area contributed by atoms with Crippen LogP contribution in [0.15, 0.2) is 61.2 Å². The van der Waals surface area contributed by atoms with Crippen molar-refractivity contribution in [2.24, 2.45) is 5.92 Å². The Morgan fingerprint density at radius 2 is 1.22 bits per heavy atom. The van der Waals surface area contributed by atoms with E-state index in [-0.39, 0.29) is 5.97 Å². The Morgan fingerprint density at radius 3 is 1.78 bits per heavy atom. The molecule has 0 spiro atoms. The first-order valence-electron chi connectivity index (χ1n) is 14.4. The van der Waals surface area contributed by atoms with Crippen molar-refractivity contribution in [2.75, 3.05) is 13.2 Å². The van der Waals surface area contributed by atoms with Gasteiger partial charge in [0.2, 0.25) is 0 Å². The Hall–Kier alpha value is -2.75. The number of ether oxygens (including phenoxy) is 3. The number of rotatable bonds is 21. The molecule has 0 saturated heterocycles. The standard InChI is InChI=1S/C33H48O4/c1-4-6-7-8-9-10-11-12-15-26-36-31-22-24-32(25-23-31)37-33(34)29-18-20-30(21-19-29)35-27-16-13-14-17-28(3)5-2/h4,18-25,28H,1,5-17,26-27H2,2-3H3/t28-/m0/s1. The van der Waals surface area contributed by atoms with Crippen molar-refractivity contribution in [3.63, 3.8) is 0 Å². The molecule has 2 aromatic carbocycles. The van der Waals surface area contributed by atoms with Gasteiger partial charge in [0, 0.05) is 0 Å². The summed E-state index contributed by atoms with van der Waals surface area (Å²) in [4.78, 5) is 12.5.